The van der Waals surface area contributed by atoms with Crippen molar-refractivity contribution >= 4 is 36.1 Å². The Balaban J connectivity index is 4.62. The van der Waals surface area contributed by atoms with Crippen LogP contribution in [-0.2, 0) is 43.0 Å². The van der Waals surface area contributed by atoms with Crippen molar-refractivity contribution in [2.24, 2.45) is 0 Å². The van der Waals surface area contributed by atoms with E-state index in [0.717, 1.165) is 5.06 Å². The van der Waals surface area contributed by atoms with E-state index >= 15 is 0 Å². The largest absolute Gasteiger partial charge is 0.478 e. The first kappa shape index (κ1) is 39.4. The van der Waals surface area contributed by atoms with Gasteiger partial charge in [0.05, 0.1) is 19.8 Å². The summed E-state index contributed by atoms with van der Waals surface area (Å²) in [6.45, 7) is 16.2. The van der Waals surface area contributed by atoms with E-state index in [1.54, 1.807) is 0 Å². The number of aliphatic carboxylic acids is 1. The van der Waals surface area contributed by atoms with Gasteiger partial charge in [0, 0.05) is 41.7 Å². The fraction of sp³-hybridized carbons (Fsp3) is 0.533. The first-order valence-electron chi connectivity index (χ1n) is 14.0. The number of rotatable bonds is 20. The molecule has 0 aliphatic heterocycles. The second kappa shape index (κ2) is 22.0. The lowest BCUT2D eigenvalue weighted by atomic mass is 10.2. The van der Waals surface area contributed by atoms with Crippen LogP contribution in [0.15, 0.2) is 48.1 Å². The average molecular weight is 625 g/mol. The molecule has 2 amide bonds. The molecule has 1 atom stereocenters. The van der Waals surface area contributed by atoms with Gasteiger partial charge in [0.2, 0.25) is 0 Å². The Morgan fingerprint density at radius 1 is 0.773 bits per heavy atom. The Labute approximate surface area is 257 Å². The summed E-state index contributed by atoms with van der Waals surface area (Å²) in [4.78, 5) is 75.8. The minimum Gasteiger partial charge on any atom is -0.478 e. The van der Waals surface area contributed by atoms with Gasteiger partial charge in [-0.2, -0.15) is 0 Å². The van der Waals surface area contributed by atoms with Crippen LogP contribution in [0.1, 0.15) is 66.2 Å². The maximum Gasteiger partial charge on any atom is 0.443 e. The van der Waals surface area contributed by atoms with Crippen LogP contribution in [0.2, 0.25) is 0 Å². The molecule has 0 saturated heterocycles. The molecule has 246 valence electrons. The molecule has 0 spiro atoms. The van der Waals surface area contributed by atoms with E-state index in [9.17, 15) is 28.8 Å². The number of hydroxylamine groups is 2. The molecule has 0 fully saturated rings. The van der Waals surface area contributed by atoms with Crippen LogP contribution in [0.25, 0.3) is 0 Å². The summed E-state index contributed by atoms with van der Waals surface area (Å²) in [6.07, 6.45) is 1.33. The number of esters is 2. The number of nitrogens with zero attached hydrogens (tertiary/aromatic N) is 1. The number of alkyl carbamates (subject to hydrolysis) is 1. The number of ether oxygens (including phenoxy) is 4. The molecule has 14 heteroatoms. The maximum atomic E-state index is 12.4. The number of hydrogen-bond donors (Lipinski definition) is 2. The van der Waals surface area contributed by atoms with Gasteiger partial charge in [-0.15, -0.1) is 5.06 Å². The number of unbranched alkanes of at least 4 members (excludes halogenated alkanes) is 3. The van der Waals surface area contributed by atoms with E-state index in [1.165, 1.54) is 33.8 Å². The third-order valence-electron chi connectivity index (χ3n) is 5.45. The molecule has 2 N–H and O–H groups in total. The van der Waals surface area contributed by atoms with Gasteiger partial charge < -0.3 is 34.2 Å². The van der Waals surface area contributed by atoms with Crippen molar-refractivity contribution < 1.29 is 57.7 Å². The standard InChI is InChI=1S/C30H44N2O12/c1-20(2)26(35)40-17-12-18-41-30(39)32(44-28(37)22(5)6)16-11-9-8-10-15-31-29(38)43-24(14-13-23(7)25(33)34)19-42-27(36)21(3)4/h13,24H,1,3,5,8-12,14-19H2,2,4,6-7H3,(H,31,38)(H,33,34). The number of carboxylic acids is 1. The second-order valence-electron chi connectivity index (χ2n) is 9.82. The highest BCUT2D eigenvalue weighted by Crippen LogP contribution is 2.09. The van der Waals surface area contributed by atoms with Crippen molar-refractivity contribution in [2.75, 3.05) is 32.9 Å². The lowest BCUT2D eigenvalue weighted by Gasteiger charge is -2.20. The quantitative estimate of drug-likeness (QED) is 0.0649. The molecule has 14 nitrogen and oxygen atoms in total. The van der Waals surface area contributed by atoms with Crippen molar-refractivity contribution in [3.8, 4) is 0 Å². The Morgan fingerprint density at radius 2 is 1.34 bits per heavy atom. The van der Waals surface area contributed by atoms with Crippen LogP contribution in [0.3, 0.4) is 0 Å². The number of carbonyl (C=O) groups excluding carboxylic acids is 5. The monoisotopic (exact) mass is 624 g/mol. The average Bonchev–Trinajstić information content (AvgIpc) is 2.95. The third kappa shape index (κ3) is 18.7. The number of carbonyl (C=O) groups is 6. The summed E-state index contributed by atoms with van der Waals surface area (Å²) in [5.74, 6) is -3.13. The molecule has 0 heterocycles. The fourth-order valence-electron chi connectivity index (χ4n) is 2.89. The van der Waals surface area contributed by atoms with Gasteiger partial charge in [-0.25, -0.2) is 28.8 Å². The summed E-state index contributed by atoms with van der Waals surface area (Å²) < 4.78 is 20.4. The van der Waals surface area contributed by atoms with Gasteiger partial charge in [0.15, 0.2) is 0 Å². The SMILES string of the molecule is C=C(C)C(=O)OCCCOC(=O)N(CCCCCCNC(=O)OC(CC=C(C)C(=O)O)COC(=O)C(=C)C)OC(=O)C(=C)C. The van der Waals surface area contributed by atoms with Crippen LogP contribution in [0, 0.1) is 0 Å². The van der Waals surface area contributed by atoms with E-state index < -0.39 is 42.2 Å². The zero-order chi connectivity index (χ0) is 33.7. The Bertz CT molecular complexity index is 1100. The van der Waals surface area contributed by atoms with Crippen molar-refractivity contribution in [2.45, 2.75) is 72.3 Å². The number of carboxylic acid groups (broad SMARTS) is 1. The lowest BCUT2D eigenvalue weighted by molar-refractivity contribution is -0.177. The molecule has 0 radical (unpaired) electrons. The molecule has 0 saturated carbocycles. The fourth-order valence-corrected chi connectivity index (χ4v) is 2.89. The summed E-state index contributed by atoms with van der Waals surface area (Å²) >= 11 is 0. The molecule has 0 bridgehead atoms. The summed E-state index contributed by atoms with van der Waals surface area (Å²) in [6, 6.07) is 0. The minimum atomic E-state index is -1.13. The zero-order valence-corrected chi connectivity index (χ0v) is 25.9. The van der Waals surface area contributed by atoms with E-state index in [2.05, 4.69) is 25.1 Å². The molecule has 44 heavy (non-hydrogen) atoms. The van der Waals surface area contributed by atoms with Crippen molar-refractivity contribution in [3.05, 3.63) is 48.1 Å². The molecular formula is C30H44N2O12. The Hall–Kier alpha value is -4.62. The van der Waals surface area contributed by atoms with Gasteiger partial charge in [-0.3, -0.25) is 0 Å². The molecule has 0 aromatic heterocycles. The van der Waals surface area contributed by atoms with Crippen LogP contribution in [0.4, 0.5) is 9.59 Å². The molecule has 0 aliphatic carbocycles. The second-order valence-corrected chi connectivity index (χ2v) is 9.82. The summed E-state index contributed by atoms with van der Waals surface area (Å²) in [7, 11) is 0. The lowest BCUT2D eigenvalue weighted by Crippen LogP contribution is -2.35. The molecule has 0 aromatic carbocycles. The van der Waals surface area contributed by atoms with Gasteiger partial charge in [0.25, 0.3) is 0 Å². The Kier molecular flexibility index (Phi) is 19.7. The molecule has 0 aromatic rings. The van der Waals surface area contributed by atoms with Crippen LogP contribution < -0.4 is 5.32 Å². The highest BCUT2D eigenvalue weighted by Gasteiger charge is 2.21. The highest BCUT2D eigenvalue weighted by atomic mass is 16.8. The predicted octanol–water partition coefficient (Wildman–Crippen LogP) is 4.16. The Morgan fingerprint density at radius 3 is 1.93 bits per heavy atom. The highest BCUT2D eigenvalue weighted by molar-refractivity contribution is 5.88. The normalized spacial score (nSPS) is 11.3. The van der Waals surface area contributed by atoms with E-state index in [4.69, 9.17) is 28.9 Å². The molecular weight excluding hydrogens is 580 g/mol. The number of nitrogens with one attached hydrogen (secondary N) is 1. The van der Waals surface area contributed by atoms with Crippen molar-refractivity contribution in [1.82, 2.24) is 10.4 Å². The molecule has 1 unspecified atom stereocenters. The van der Waals surface area contributed by atoms with E-state index in [-0.39, 0.29) is 68.0 Å². The summed E-state index contributed by atoms with van der Waals surface area (Å²) in [5, 5.41) is 12.4. The van der Waals surface area contributed by atoms with Gasteiger partial charge in [-0.1, -0.05) is 38.7 Å². The summed E-state index contributed by atoms with van der Waals surface area (Å²) in [5.41, 5.74) is 0.559. The van der Waals surface area contributed by atoms with Crippen LogP contribution in [-0.4, -0.2) is 85.2 Å². The van der Waals surface area contributed by atoms with Crippen LogP contribution >= 0.6 is 0 Å². The van der Waals surface area contributed by atoms with Crippen LogP contribution in [0.5, 0.6) is 0 Å². The number of hydrogen-bond acceptors (Lipinski definition) is 11. The van der Waals surface area contributed by atoms with Gasteiger partial charge >= 0.3 is 36.1 Å². The smallest absolute Gasteiger partial charge is 0.443 e. The van der Waals surface area contributed by atoms with Crippen molar-refractivity contribution in [1.29, 1.82) is 0 Å². The zero-order valence-electron chi connectivity index (χ0n) is 25.9. The van der Waals surface area contributed by atoms with E-state index in [0.29, 0.717) is 25.7 Å². The van der Waals surface area contributed by atoms with Crippen molar-refractivity contribution in [3.63, 3.8) is 0 Å². The topological polar surface area (TPSA) is 184 Å². The minimum absolute atomic E-state index is 0.0202. The number of amides is 2. The maximum absolute atomic E-state index is 12.4. The molecule has 0 aliphatic rings. The van der Waals surface area contributed by atoms with E-state index in [1.807, 2.05) is 0 Å². The van der Waals surface area contributed by atoms with Gasteiger partial charge in [-0.05, 0) is 40.5 Å². The predicted molar refractivity (Wildman–Crippen MR) is 158 cm³/mol. The third-order valence-corrected chi connectivity index (χ3v) is 5.45. The first-order chi connectivity index (χ1) is 20.6. The first-order valence-corrected chi connectivity index (χ1v) is 14.0. The van der Waals surface area contributed by atoms with Gasteiger partial charge in [0.1, 0.15) is 12.7 Å². The molecule has 0 rings (SSSR count).